The van der Waals surface area contributed by atoms with Gasteiger partial charge < -0.3 is 0 Å². The first-order valence-electron chi connectivity index (χ1n) is 13.0. The SMILES string of the molecule is CC1(C)CCCC(C)(C)[N]1[Sb]1[C]([Si](C)(C)C)([Si](C)(C)C)CC[C]1([Si](C)(C)C)[Si](C)(C)C. The van der Waals surface area contributed by atoms with Crippen LogP contribution in [0, 0.1) is 0 Å². The molecule has 0 saturated carbocycles. The minimum atomic E-state index is -2.01. The summed E-state index contributed by atoms with van der Waals surface area (Å²) in [5.41, 5.74) is 0.758. The van der Waals surface area contributed by atoms with E-state index in [2.05, 4.69) is 109 Å². The van der Waals surface area contributed by atoms with E-state index in [0.29, 0.717) is 11.1 Å². The fourth-order valence-electron chi connectivity index (χ4n) is 8.79. The molecule has 0 N–H and O–H groups in total. The summed E-state index contributed by atoms with van der Waals surface area (Å²) < 4.78 is 4.94. The van der Waals surface area contributed by atoms with Gasteiger partial charge in [0.05, 0.1) is 0 Å². The standard InChI is InChI=1S/C16H40Si4.C9H18N.Sb/c1-17(2,3)15(18(4,5)6)13-14-16(19(7,8)9)20(10,11)12;1-8(2)6-5-7-9(3,4)10-8;/h13-14H2,1-12H3;5-7H2,1-4H3;/q;-1;+1. The molecule has 0 aliphatic carbocycles. The Bertz CT molecular complexity index is 590. The van der Waals surface area contributed by atoms with E-state index in [1.54, 1.807) is 12.8 Å². The summed E-state index contributed by atoms with van der Waals surface area (Å²) in [4.78, 5) is 0. The third-order valence-electron chi connectivity index (χ3n) is 9.46. The molecule has 0 aromatic carbocycles. The second kappa shape index (κ2) is 8.08. The van der Waals surface area contributed by atoms with Crippen LogP contribution in [0.15, 0.2) is 0 Å². The predicted octanol–water partition coefficient (Wildman–Crippen LogP) is 8.81. The van der Waals surface area contributed by atoms with Gasteiger partial charge in [0.15, 0.2) is 0 Å². The van der Waals surface area contributed by atoms with Gasteiger partial charge in [0, 0.05) is 0 Å². The fourth-order valence-corrected chi connectivity index (χ4v) is 74.7. The van der Waals surface area contributed by atoms with E-state index in [1.165, 1.54) is 19.3 Å². The number of hydrogen-bond donors (Lipinski definition) is 0. The van der Waals surface area contributed by atoms with Crippen LogP contribution in [0.5, 0.6) is 0 Å². The Labute approximate surface area is 209 Å². The van der Waals surface area contributed by atoms with Crippen LogP contribution in [0.25, 0.3) is 0 Å². The van der Waals surface area contributed by atoms with Crippen molar-refractivity contribution in [1.82, 2.24) is 3.06 Å². The molecule has 0 amide bonds. The van der Waals surface area contributed by atoms with E-state index in [4.69, 9.17) is 0 Å². The zero-order chi connectivity index (χ0) is 24.7. The maximum absolute atomic E-state index is 3.42. The van der Waals surface area contributed by atoms with E-state index in [9.17, 15) is 0 Å². The molecule has 1 nitrogen and oxygen atoms in total. The Morgan fingerprint density at radius 1 is 0.484 bits per heavy atom. The first-order valence-corrected chi connectivity index (χ1v) is 30.7. The molecule has 0 radical (unpaired) electrons. The van der Waals surface area contributed by atoms with Gasteiger partial charge in [-0.15, -0.1) is 0 Å². The molecule has 0 aromatic rings. The molecule has 2 heterocycles. The molecule has 2 rings (SSSR count). The molecule has 2 aliphatic heterocycles. The van der Waals surface area contributed by atoms with E-state index >= 15 is 0 Å². The van der Waals surface area contributed by atoms with Crippen molar-refractivity contribution in [3.63, 3.8) is 0 Å². The van der Waals surface area contributed by atoms with Gasteiger partial charge in [-0.3, -0.25) is 0 Å². The minimum absolute atomic E-state index is 0.379. The van der Waals surface area contributed by atoms with Crippen LogP contribution >= 0.6 is 0 Å². The molecular weight excluding hydrogens is 548 g/mol. The van der Waals surface area contributed by atoms with Gasteiger partial charge in [0.1, 0.15) is 0 Å². The van der Waals surface area contributed by atoms with Crippen molar-refractivity contribution in [2.75, 3.05) is 0 Å². The van der Waals surface area contributed by atoms with Crippen molar-refractivity contribution in [2.45, 2.75) is 155 Å². The average Bonchev–Trinajstić information content (AvgIpc) is 2.81. The van der Waals surface area contributed by atoms with E-state index in [0.717, 1.165) is 5.22 Å². The van der Waals surface area contributed by atoms with Gasteiger partial charge in [-0.1, -0.05) is 0 Å². The van der Waals surface area contributed by atoms with Gasteiger partial charge in [0.2, 0.25) is 0 Å². The van der Waals surface area contributed by atoms with Gasteiger partial charge in [-0.05, 0) is 0 Å². The first kappa shape index (κ1) is 28.9. The quantitative estimate of drug-likeness (QED) is 0.283. The van der Waals surface area contributed by atoms with Gasteiger partial charge in [-0.25, -0.2) is 0 Å². The monoisotopic (exact) mass is 605 g/mol. The molecule has 184 valence electrons. The third-order valence-corrected chi connectivity index (χ3v) is 67.7. The van der Waals surface area contributed by atoms with Gasteiger partial charge in [0.25, 0.3) is 0 Å². The summed E-state index contributed by atoms with van der Waals surface area (Å²) in [6.45, 7) is 44.3. The Kier molecular flexibility index (Phi) is 7.53. The molecule has 0 unspecified atom stereocenters. The van der Waals surface area contributed by atoms with Crippen LogP contribution < -0.4 is 0 Å². The maximum atomic E-state index is 3.42. The Morgan fingerprint density at radius 2 is 0.742 bits per heavy atom. The molecule has 0 bridgehead atoms. The van der Waals surface area contributed by atoms with Crippen molar-refractivity contribution >= 4 is 52.8 Å². The molecule has 2 saturated heterocycles. The zero-order valence-corrected chi connectivity index (χ0v) is 31.0. The summed E-state index contributed by atoms with van der Waals surface area (Å²) in [6, 6.07) is 0. The molecule has 0 atom stereocenters. The normalized spacial score (nSPS) is 27.5. The van der Waals surface area contributed by atoms with Gasteiger partial charge in [-0.2, -0.15) is 0 Å². The van der Waals surface area contributed by atoms with Crippen molar-refractivity contribution in [3.8, 4) is 0 Å². The van der Waals surface area contributed by atoms with E-state index in [1.807, 2.05) is 0 Å². The Balaban J connectivity index is 3.08. The van der Waals surface area contributed by atoms with Crippen LogP contribution in [0.3, 0.4) is 0 Å². The number of nitrogens with zero attached hydrogens (tertiary/aromatic N) is 1. The summed E-state index contributed by atoms with van der Waals surface area (Å²) in [6.07, 6.45) is 7.44. The zero-order valence-electron chi connectivity index (χ0n) is 24.4. The number of piperidine rings is 1. The number of rotatable bonds is 5. The van der Waals surface area contributed by atoms with Crippen LogP contribution in [0.4, 0.5) is 0 Å². The molecule has 31 heavy (non-hydrogen) atoms. The van der Waals surface area contributed by atoms with Crippen molar-refractivity contribution in [2.24, 2.45) is 0 Å². The topological polar surface area (TPSA) is 3.24 Å². The number of hydrogen-bond acceptors (Lipinski definition) is 1. The summed E-state index contributed by atoms with van der Waals surface area (Å²) in [7, 11) is -5.53. The molecule has 0 spiro atoms. The van der Waals surface area contributed by atoms with Gasteiger partial charge >= 0.3 is 210 Å². The summed E-state index contributed by atoms with van der Waals surface area (Å²) in [5, 5.41) is 0. The molecule has 2 aliphatic rings. The van der Waals surface area contributed by atoms with E-state index in [-0.39, 0.29) is 0 Å². The predicted molar refractivity (Wildman–Crippen MR) is 158 cm³/mol. The van der Waals surface area contributed by atoms with E-state index < -0.39 is 52.8 Å². The molecule has 2 fully saturated rings. The van der Waals surface area contributed by atoms with Crippen molar-refractivity contribution < 1.29 is 0 Å². The van der Waals surface area contributed by atoms with Crippen molar-refractivity contribution in [1.29, 1.82) is 0 Å². The molecule has 6 heteroatoms. The second-order valence-electron chi connectivity index (χ2n) is 16.3. The van der Waals surface area contributed by atoms with Crippen LogP contribution in [-0.4, -0.2) is 66.9 Å². The van der Waals surface area contributed by atoms with Crippen molar-refractivity contribution in [3.05, 3.63) is 0 Å². The summed E-state index contributed by atoms with van der Waals surface area (Å²) in [5.74, 6) is 0. The first-order chi connectivity index (χ1) is 13.4. The third kappa shape index (κ3) is 4.28. The average molecular weight is 607 g/mol. The Hall–Kier alpha value is 1.65. The summed E-state index contributed by atoms with van der Waals surface area (Å²) >= 11 is -2.01. The second-order valence-corrected chi connectivity index (χ2v) is 51.0. The van der Waals surface area contributed by atoms with Crippen LogP contribution in [0.1, 0.15) is 59.8 Å². The van der Waals surface area contributed by atoms with Crippen LogP contribution in [0.2, 0.25) is 83.8 Å². The molecular formula is C25H58NSbSi4. The van der Waals surface area contributed by atoms with Crippen LogP contribution in [-0.2, 0) is 0 Å². The fraction of sp³-hybridized carbons (Fsp3) is 1.00. The molecule has 0 aromatic heterocycles. The Morgan fingerprint density at radius 3 is 0.968 bits per heavy atom.